The minimum absolute atomic E-state index is 0.523. The highest BCUT2D eigenvalue weighted by atomic mass is 35.5. The number of halogens is 1. The summed E-state index contributed by atoms with van der Waals surface area (Å²) in [6.07, 6.45) is 1.01. The van der Waals surface area contributed by atoms with E-state index in [1.807, 2.05) is 30.8 Å². The maximum atomic E-state index is 8.80. The molecule has 15 heavy (non-hydrogen) atoms. The molecule has 1 unspecified atom stereocenters. The first-order chi connectivity index (χ1) is 7.17. The number of nitriles is 1. The smallest absolute Gasteiger partial charge is 0.0994 e. The summed E-state index contributed by atoms with van der Waals surface area (Å²) in [5.74, 6) is 0.698. The van der Waals surface area contributed by atoms with Crippen molar-refractivity contribution in [3.05, 3.63) is 29.3 Å². The molecule has 0 aliphatic carbocycles. The fourth-order valence-corrected chi connectivity index (χ4v) is 2.83. The van der Waals surface area contributed by atoms with Gasteiger partial charge in [-0.2, -0.15) is 5.26 Å². The zero-order chi connectivity index (χ0) is 11.3. The van der Waals surface area contributed by atoms with Gasteiger partial charge in [-0.25, -0.2) is 0 Å². The summed E-state index contributed by atoms with van der Waals surface area (Å²) in [6, 6.07) is 8.11. The lowest BCUT2D eigenvalue weighted by atomic mass is 10.1. The van der Waals surface area contributed by atoms with Gasteiger partial charge in [-0.3, -0.25) is 0 Å². The van der Waals surface area contributed by atoms with E-state index in [9.17, 15) is 0 Å². The van der Waals surface area contributed by atoms with Crippen molar-refractivity contribution in [3.63, 3.8) is 0 Å². The van der Waals surface area contributed by atoms with Crippen LogP contribution in [0.2, 0.25) is 0 Å². The van der Waals surface area contributed by atoms with Crippen LogP contribution in [0.3, 0.4) is 0 Å². The predicted molar refractivity (Wildman–Crippen MR) is 66.6 cm³/mol. The number of alkyl halides is 1. The van der Waals surface area contributed by atoms with E-state index in [2.05, 4.69) is 19.1 Å². The first-order valence-corrected chi connectivity index (χ1v) is 6.32. The third kappa shape index (κ3) is 3.77. The standard InChI is InChI=1S/C12H14ClNS/c1-9-7-12(4-3-11(9)8-14)15-10(2)5-6-13/h3-4,7,10H,5-6H2,1-2H3. The third-order valence-electron chi connectivity index (χ3n) is 2.17. The summed E-state index contributed by atoms with van der Waals surface area (Å²) in [6.45, 7) is 4.13. The first-order valence-electron chi connectivity index (χ1n) is 4.90. The average Bonchev–Trinajstić information content (AvgIpc) is 2.18. The molecule has 0 saturated heterocycles. The van der Waals surface area contributed by atoms with Crippen molar-refractivity contribution in [2.24, 2.45) is 0 Å². The third-order valence-corrected chi connectivity index (χ3v) is 3.55. The van der Waals surface area contributed by atoms with Gasteiger partial charge in [0.05, 0.1) is 11.6 Å². The van der Waals surface area contributed by atoms with Gasteiger partial charge >= 0.3 is 0 Å². The summed E-state index contributed by atoms with van der Waals surface area (Å²) in [5.41, 5.74) is 1.80. The Morgan fingerprint density at radius 1 is 1.53 bits per heavy atom. The highest BCUT2D eigenvalue weighted by molar-refractivity contribution is 7.99. The predicted octanol–water partition coefficient (Wildman–Crippen LogP) is 3.98. The van der Waals surface area contributed by atoms with Gasteiger partial charge in [-0.05, 0) is 37.1 Å². The number of thioether (sulfide) groups is 1. The van der Waals surface area contributed by atoms with Crippen molar-refractivity contribution < 1.29 is 0 Å². The van der Waals surface area contributed by atoms with E-state index in [0.29, 0.717) is 11.1 Å². The zero-order valence-corrected chi connectivity index (χ0v) is 10.5. The Morgan fingerprint density at radius 2 is 2.27 bits per heavy atom. The normalized spacial score (nSPS) is 12.1. The molecule has 80 valence electrons. The second-order valence-electron chi connectivity index (χ2n) is 3.49. The Labute approximate surface area is 100 Å². The molecule has 0 fully saturated rings. The van der Waals surface area contributed by atoms with E-state index < -0.39 is 0 Å². The molecule has 0 aliphatic rings. The van der Waals surface area contributed by atoms with Crippen molar-refractivity contribution in [1.82, 2.24) is 0 Å². The van der Waals surface area contributed by atoms with Gasteiger partial charge in [-0.15, -0.1) is 23.4 Å². The SMILES string of the molecule is Cc1cc(SC(C)CCCl)ccc1C#N. The van der Waals surface area contributed by atoms with Crippen molar-refractivity contribution in [3.8, 4) is 6.07 Å². The molecule has 1 aromatic carbocycles. The maximum Gasteiger partial charge on any atom is 0.0994 e. The summed E-state index contributed by atoms with van der Waals surface area (Å²) in [4.78, 5) is 1.21. The minimum Gasteiger partial charge on any atom is -0.192 e. The lowest BCUT2D eigenvalue weighted by Crippen LogP contribution is -1.96. The van der Waals surface area contributed by atoms with E-state index in [1.54, 1.807) is 0 Å². The largest absolute Gasteiger partial charge is 0.192 e. The van der Waals surface area contributed by atoms with Crippen LogP contribution in [0.1, 0.15) is 24.5 Å². The molecule has 0 N–H and O–H groups in total. The lowest BCUT2D eigenvalue weighted by Gasteiger charge is -2.09. The molecular formula is C12H14ClNS. The Hall–Kier alpha value is -0.650. The topological polar surface area (TPSA) is 23.8 Å². The number of aryl methyl sites for hydroxylation is 1. The zero-order valence-electron chi connectivity index (χ0n) is 8.96. The second-order valence-corrected chi connectivity index (χ2v) is 5.38. The Balaban J connectivity index is 2.72. The number of hydrogen-bond acceptors (Lipinski definition) is 2. The average molecular weight is 240 g/mol. The van der Waals surface area contributed by atoms with Crippen molar-refractivity contribution >= 4 is 23.4 Å². The monoisotopic (exact) mass is 239 g/mol. The van der Waals surface area contributed by atoms with E-state index in [1.165, 1.54) is 4.90 Å². The van der Waals surface area contributed by atoms with Crippen molar-refractivity contribution in [2.45, 2.75) is 30.4 Å². The van der Waals surface area contributed by atoms with Crippen LogP contribution in [0.25, 0.3) is 0 Å². The molecule has 1 atom stereocenters. The molecule has 1 nitrogen and oxygen atoms in total. The molecule has 0 bridgehead atoms. The molecule has 0 aromatic heterocycles. The first kappa shape index (κ1) is 12.4. The van der Waals surface area contributed by atoms with Crippen LogP contribution in [0, 0.1) is 18.3 Å². The van der Waals surface area contributed by atoms with Crippen LogP contribution in [-0.4, -0.2) is 11.1 Å². The van der Waals surface area contributed by atoms with Crippen molar-refractivity contribution in [1.29, 1.82) is 5.26 Å². The molecule has 0 aliphatic heterocycles. The van der Waals surface area contributed by atoms with Gasteiger partial charge in [0.2, 0.25) is 0 Å². The van der Waals surface area contributed by atoms with Crippen LogP contribution in [-0.2, 0) is 0 Å². The van der Waals surface area contributed by atoms with E-state index >= 15 is 0 Å². The summed E-state index contributed by atoms with van der Waals surface area (Å²) < 4.78 is 0. The summed E-state index contributed by atoms with van der Waals surface area (Å²) >= 11 is 7.49. The van der Waals surface area contributed by atoms with E-state index in [-0.39, 0.29) is 0 Å². The van der Waals surface area contributed by atoms with Gasteiger partial charge in [-0.1, -0.05) is 6.92 Å². The minimum atomic E-state index is 0.523. The van der Waals surface area contributed by atoms with Crippen LogP contribution >= 0.6 is 23.4 Å². The molecule has 3 heteroatoms. The molecule has 0 spiro atoms. The molecular weight excluding hydrogens is 226 g/mol. The second kappa shape index (κ2) is 6.05. The fraction of sp³-hybridized carbons (Fsp3) is 0.417. The maximum absolute atomic E-state index is 8.80. The molecule has 0 saturated carbocycles. The number of hydrogen-bond donors (Lipinski definition) is 0. The Kier molecular flexibility index (Phi) is 5.01. The van der Waals surface area contributed by atoms with Crippen LogP contribution in [0.4, 0.5) is 0 Å². The molecule has 0 amide bonds. The highest BCUT2D eigenvalue weighted by Crippen LogP contribution is 2.26. The molecule has 0 radical (unpaired) electrons. The fourth-order valence-electron chi connectivity index (χ4n) is 1.28. The number of benzene rings is 1. The highest BCUT2D eigenvalue weighted by Gasteiger charge is 2.05. The lowest BCUT2D eigenvalue weighted by molar-refractivity contribution is 0.912. The molecule has 1 rings (SSSR count). The quantitative estimate of drug-likeness (QED) is 0.586. The summed E-state index contributed by atoms with van der Waals surface area (Å²) in [5, 5.41) is 9.32. The van der Waals surface area contributed by atoms with Gasteiger partial charge in [0.25, 0.3) is 0 Å². The van der Waals surface area contributed by atoms with Gasteiger partial charge in [0.15, 0.2) is 0 Å². The summed E-state index contributed by atoms with van der Waals surface area (Å²) in [7, 11) is 0. The van der Waals surface area contributed by atoms with Gasteiger partial charge in [0, 0.05) is 16.0 Å². The Bertz CT molecular complexity index is 370. The number of rotatable bonds is 4. The van der Waals surface area contributed by atoms with Crippen molar-refractivity contribution in [2.75, 3.05) is 5.88 Å². The van der Waals surface area contributed by atoms with Gasteiger partial charge < -0.3 is 0 Å². The van der Waals surface area contributed by atoms with E-state index in [0.717, 1.165) is 17.5 Å². The van der Waals surface area contributed by atoms with Crippen LogP contribution in [0.5, 0.6) is 0 Å². The van der Waals surface area contributed by atoms with Crippen LogP contribution in [0.15, 0.2) is 23.1 Å². The molecule has 1 aromatic rings. The molecule has 0 heterocycles. The van der Waals surface area contributed by atoms with Crippen LogP contribution < -0.4 is 0 Å². The Morgan fingerprint density at radius 3 is 2.80 bits per heavy atom. The van der Waals surface area contributed by atoms with E-state index in [4.69, 9.17) is 16.9 Å². The number of nitrogens with zero attached hydrogens (tertiary/aromatic N) is 1. The van der Waals surface area contributed by atoms with Gasteiger partial charge in [0.1, 0.15) is 0 Å².